The molecule has 1 saturated heterocycles. The van der Waals surface area contributed by atoms with Crippen molar-refractivity contribution in [2.75, 3.05) is 25.0 Å². The van der Waals surface area contributed by atoms with E-state index in [0.717, 1.165) is 54.7 Å². The van der Waals surface area contributed by atoms with Crippen LogP contribution in [0.3, 0.4) is 0 Å². The smallest absolute Gasteiger partial charge is 0.255 e. The lowest BCUT2D eigenvalue weighted by atomic mass is 9.83. The van der Waals surface area contributed by atoms with Gasteiger partial charge in [0, 0.05) is 61.1 Å². The molecule has 0 aromatic carbocycles. The van der Waals surface area contributed by atoms with Crippen LogP contribution in [0.4, 0.5) is 5.82 Å². The maximum atomic E-state index is 13.2. The Labute approximate surface area is 173 Å². The fourth-order valence-electron chi connectivity index (χ4n) is 4.67. The molecule has 3 aromatic heterocycles. The third-order valence-electron chi connectivity index (χ3n) is 5.89. The quantitative estimate of drug-likeness (QED) is 0.646. The standard InChI is InChI=1S/C21H24N6OS/c1-25(14-20-22-7-8-29-20)12-16-4-5-18-17-9-15(11-27(18)21(16)28)10-26(13-17)19-3-2-6-23-24-19/h2-8,15,17H,9-14H2,1H3/t15-,17+/m0/s1. The Kier molecular flexibility index (Phi) is 4.89. The van der Waals surface area contributed by atoms with Gasteiger partial charge in [-0.2, -0.15) is 5.10 Å². The fraction of sp³-hybridized carbons (Fsp3) is 0.429. The minimum absolute atomic E-state index is 0.163. The van der Waals surface area contributed by atoms with Gasteiger partial charge in [-0.3, -0.25) is 9.69 Å². The molecule has 3 aromatic rings. The van der Waals surface area contributed by atoms with Crippen LogP contribution in [-0.4, -0.2) is 44.8 Å². The largest absolute Gasteiger partial charge is 0.354 e. The van der Waals surface area contributed by atoms with Crippen molar-refractivity contribution in [1.29, 1.82) is 0 Å². The normalized spacial score (nSPS) is 20.7. The fourth-order valence-corrected chi connectivity index (χ4v) is 5.36. The van der Waals surface area contributed by atoms with Crippen LogP contribution < -0.4 is 10.5 Å². The van der Waals surface area contributed by atoms with Gasteiger partial charge in [0.25, 0.3) is 5.56 Å². The van der Waals surface area contributed by atoms with Gasteiger partial charge in [0.1, 0.15) is 5.01 Å². The first-order valence-electron chi connectivity index (χ1n) is 9.99. The van der Waals surface area contributed by atoms with Gasteiger partial charge in [0.15, 0.2) is 5.82 Å². The number of pyridine rings is 1. The summed E-state index contributed by atoms with van der Waals surface area (Å²) in [4.78, 5) is 22.0. The molecule has 0 radical (unpaired) electrons. The molecule has 0 N–H and O–H groups in total. The highest BCUT2D eigenvalue weighted by Crippen LogP contribution is 2.36. The third kappa shape index (κ3) is 3.70. The van der Waals surface area contributed by atoms with Crippen molar-refractivity contribution in [3.8, 4) is 0 Å². The molecule has 0 unspecified atom stereocenters. The molecule has 2 aliphatic rings. The number of anilines is 1. The van der Waals surface area contributed by atoms with E-state index in [4.69, 9.17) is 0 Å². The van der Waals surface area contributed by atoms with Gasteiger partial charge in [0.2, 0.25) is 0 Å². The molecule has 2 bridgehead atoms. The minimum Gasteiger partial charge on any atom is -0.354 e. The van der Waals surface area contributed by atoms with Crippen LogP contribution in [0, 0.1) is 5.92 Å². The van der Waals surface area contributed by atoms with Gasteiger partial charge in [-0.1, -0.05) is 6.07 Å². The topological polar surface area (TPSA) is 67.2 Å². The van der Waals surface area contributed by atoms with Crippen molar-refractivity contribution in [2.45, 2.75) is 32.0 Å². The maximum Gasteiger partial charge on any atom is 0.255 e. The van der Waals surface area contributed by atoms with Crippen molar-refractivity contribution in [1.82, 2.24) is 24.6 Å². The Morgan fingerprint density at radius 2 is 2.10 bits per heavy atom. The summed E-state index contributed by atoms with van der Waals surface area (Å²) in [6, 6.07) is 8.13. The Balaban J connectivity index is 1.36. The summed E-state index contributed by atoms with van der Waals surface area (Å²) in [6.07, 6.45) is 4.67. The monoisotopic (exact) mass is 408 g/mol. The van der Waals surface area contributed by atoms with Gasteiger partial charge >= 0.3 is 0 Å². The molecular formula is C21H24N6OS. The van der Waals surface area contributed by atoms with Gasteiger partial charge in [-0.15, -0.1) is 16.4 Å². The highest BCUT2D eigenvalue weighted by molar-refractivity contribution is 7.09. The Hall–Kier alpha value is -2.58. The molecule has 0 saturated carbocycles. The van der Waals surface area contributed by atoms with E-state index in [1.165, 1.54) is 0 Å². The zero-order chi connectivity index (χ0) is 19.8. The van der Waals surface area contributed by atoms with Crippen LogP contribution in [0.2, 0.25) is 0 Å². The average Bonchev–Trinajstić information content (AvgIpc) is 3.24. The van der Waals surface area contributed by atoms with Gasteiger partial charge in [-0.25, -0.2) is 4.98 Å². The van der Waals surface area contributed by atoms with Crippen LogP contribution in [-0.2, 0) is 19.6 Å². The number of piperidine rings is 1. The summed E-state index contributed by atoms with van der Waals surface area (Å²) in [5.74, 6) is 1.75. The molecular weight excluding hydrogens is 384 g/mol. The second-order valence-corrected chi connectivity index (χ2v) is 9.06. The minimum atomic E-state index is 0.163. The second kappa shape index (κ2) is 7.68. The molecule has 5 rings (SSSR count). The molecule has 1 fully saturated rings. The molecule has 7 nitrogen and oxygen atoms in total. The number of nitrogens with zero attached hydrogens (tertiary/aromatic N) is 6. The lowest BCUT2D eigenvalue weighted by molar-refractivity contribution is 0.275. The molecule has 0 spiro atoms. The Morgan fingerprint density at radius 1 is 1.17 bits per heavy atom. The van der Waals surface area contributed by atoms with Crippen LogP contribution in [0.5, 0.6) is 0 Å². The van der Waals surface area contributed by atoms with E-state index in [9.17, 15) is 4.79 Å². The molecule has 2 aliphatic heterocycles. The van der Waals surface area contributed by atoms with Crippen LogP contribution >= 0.6 is 11.3 Å². The predicted octanol–water partition coefficient (Wildman–Crippen LogP) is 2.35. The SMILES string of the molecule is CN(Cc1nccs1)Cc1ccc2n(c1=O)C[C@H]1C[C@@H]2CN(c2cccnn2)C1. The summed E-state index contributed by atoms with van der Waals surface area (Å²) in [7, 11) is 2.04. The molecule has 0 amide bonds. The maximum absolute atomic E-state index is 13.2. The van der Waals surface area contributed by atoms with Gasteiger partial charge < -0.3 is 9.47 Å². The van der Waals surface area contributed by atoms with E-state index in [2.05, 4.69) is 31.0 Å². The number of fused-ring (bicyclic) bond motifs is 4. The third-order valence-corrected chi connectivity index (χ3v) is 6.66. The molecule has 2 atom stereocenters. The highest BCUT2D eigenvalue weighted by Gasteiger charge is 2.35. The van der Waals surface area contributed by atoms with E-state index in [1.807, 2.05) is 41.4 Å². The van der Waals surface area contributed by atoms with E-state index in [-0.39, 0.29) is 5.56 Å². The van der Waals surface area contributed by atoms with Gasteiger partial charge in [0.05, 0.1) is 6.54 Å². The Morgan fingerprint density at radius 3 is 2.90 bits per heavy atom. The first-order valence-corrected chi connectivity index (χ1v) is 10.9. The zero-order valence-electron chi connectivity index (χ0n) is 16.4. The lowest BCUT2D eigenvalue weighted by Gasteiger charge is -2.43. The van der Waals surface area contributed by atoms with Crippen LogP contribution in [0.15, 0.2) is 46.8 Å². The van der Waals surface area contributed by atoms with E-state index < -0.39 is 0 Å². The van der Waals surface area contributed by atoms with E-state index in [0.29, 0.717) is 18.4 Å². The molecule has 150 valence electrons. The van der Waals surface area contributed by atoms with Crippen molar-refractivity contribution in [3.63, 3.8) is 0 Å². The second-order valence-electron chi connectivity index (χ2n) is 8.08. The molecule has 29 heavy (non-hydrogen) atoms. The first kappa shape index (κ1) is 18.4. The zero-order valence-corrected chi connectivity index (χ0v) is 17.3. The summed E-state index contributed by atoms with van der Waals surface area (Å²) in [6.45, 7) is 4.00. The number of thiazole rings is 1. The van der Waals surface area contributed by atoms with Crippen molar-refractivity contribution < 1.29 is 0 Å². The molecule has 8 heteroatoms. The van der Waals surface area contributed by atoms with Crippen molar-refractivity contribution >= 4 is 17.2 Å². The number of rotatable bonds is 5. The van der Waals surface area contributed by atoms with Crippen LogP contribution in [0.1, 0.15) is 28.6 Å². The summed E-state index contributed by atoms with van der Waals surface area (Å²) in [5, 5.41) is 11.4. The first-order chi connectivity index (χ1) is 14.2. The lowest BCUT2D eigenvalue weighted by Crippen LogP contribution is -2.48. The number of hydrogen-bond donors (Lipinski definition) is 0. The predicted molar refractivity (Wildman–Crippen MR) is 113 cm³/mol. The number of hydrogen-bond acceptors (Lipinski definition) is 7. The average molecular weight is 409 g/mol. The van der Waals surface area contributed by atoms with Crippen molar-refractivity contribution in [2.24, 2.45) is 5.92 Å². The summed E-state index contributed by atoms with van der Waals surface area (Å²) in [5.41, 5.74) is 2.18. The molecule has 5 heterocycles. The summed E-state index contributed by atoms with van der Waals surface area (Å²) >= 11 is 1.65. The summed E-state index contributed by atoms with van der Waals surface area (Å²) < 4.78 is 2.03. The van der Waals surface area contributed by atoms with Crippen LogP contribution in [0.25, 0.3) is 0 Å². The van der Waals surface area contributed by atoms with Crippen molar-refractivity contribution in [3.05, 3.63) is 68.7 Å². The molecule has 0 aliphatic carbocycles. The van der Waals surface area contributed by atoms with Gasteiger partial charge in [-0.05, 0) is 37.6 Å². The number of aromatic nitrogens is 4. The Bertz CT molecular complexity index is 1040. The highest BCUT2D eigenvalue weighted by atomic mass is 32.1. The van der Waals surface area contributed by atoms with E-state index in [1.54, 1.807) is 17.5 Å². The van der Waals surface area contributed by atoms with E-state index >= 15 is 0 Å².